The van der Waals surface area contributed by atoms with Gasteiger partial charge in [-0.2, -0.15) is 0 Å². The number of fused-ring (bicyclic) bond motifs is 1. The molecule has 1 aliphatic rings. The second kappa shape index (κ2) is 6.03. The third-order valence-electron chi connectivity index (χ3n) is 3.50. The maximum atomic E-state index is 13.5. The Bertz CT molecular complexity index is 650. The van der Waals surface area contributed by atoms with Crippen LogP contribution in [0.4, 0.5) is 4.39 Å². The van der Waals surface area contributed by atoms with Crippen LogP contribution >= 0.6 is 15.9 Å². The molecule has 2 N–H and O–H groups in total. The molecule has 3 rings (SSSR count). The third-order valence-corrected chi connectivity index (χ3v) is 4.38. The molecule has 110 valence electrons. The van der Waals surface area contributed by atoms with Crippen LogP contribution in [0.5, 0.6) is 11.5 Å². The van der Waals surface area contributed by atoms with Crippen molar-refractivity contribution < 1.29 is 13.9 Å². The molecule has 2 unspecified atom stereocenters. The fraction of sp³-hybridized carbons (Fsp3) is 0.250. The quantitative estimate of drug-likeness (QED) is 0.922. The molecule has 0 radical (unpaired) electrons. The molecule has 0 saturated heterocycles. The first-order valence-corrected chi connectivity index (χ1v) is 7.51. The van der Waals surface area contributed by atoms with Gasteiger partial charge in [0.1, 0.15) is 18.5 Å². The number of para-hydroxylation sites is 2. The number of ether oxygens (including phenoxy) is 2. The Labute approximate surface area is 131 Å². The standard InChI is InChI=1S/C16H15BrFNO2/c17-16-10(4-3-5-11(16)18)8-12(19)15-9-20-13-6-1-2-7-14(13)21-15/h1-7,12,15H,8-9,19H2. The summed E-state index contributed by atoms with van der Waals surface area (Å²) in [6.45, 7) is 0.394. The Morgan fingerprint density at radius 3 is 2.76 bits per heavy atom. The van der Waals surface area contributed by atoms with Crippen LogP contribution in [0.15, 0.2) is 46.9 Å². The number of benzene rings is 2. The van der Waals surface area contributed by atoms with Gasteiger partial charge in [0.2, 0.25) is 0 Å². The Morgan fingerprint density at radius 1 is 1.19 bits per heavy atom. The van der Waals surface area contributed by atoms with Gasteiger partial charge in [-0.25, -0.2) is 4.39 Å². The summed E-state index contributed by atoms with van der Waals surface area (Å²) in [5.41, 5.74) is 7.03. The van der Waals surface area contributed by atoms with E-state index < -0.39 is 0 Å². The van der Waals surface area contributed by atoms with E-state index in [1.165, 1.54) is 6.07 Å². The first-order valence-electron chi connectivity index (χ1n) is 6.72. The van der Waals surface area contributed by atoms with Gasteiger partial charge in [-0.1, -0.05) is 24.3 Å². The van der Waals surface area contributed by atoms with Crippen molar-refractivity contribution in [1.29, 1.82) is 0 Å². The highest BCUT2D eigenvalue weighted by Gasteiger charge is 2.27. The van der Waals surface area contributed by atoms with Crippen LogP contribution in [-0.2, 0) is 6.42 Å². The molecule has 0 aliphatic carbocycles. The molecular weight excluding hydrogens is 337 g/mol. The molecule has 1 aliphatic heterocycles. The molecule has 0 bridgehead atoms. The predicted molar refractivity (Wildman–Crippen MR) is 82.1 cm³/mol. The van der Waals surface area contributed by atoms with Gasteiger partial charge < -0.3 is 15.2 Å². The van der Waals surface area contributed by atoms with Gasteiger partial charge in [-0.05, 0) is 46.1 Å². The summed E-state index contributed by atoms with van der Waals surface area (Å²) in [6.07, 6.45) is 0.254. The number of hydrogen-bond donors (Lipinski definition) is 1. The van der Waals surface area contributed by atoms with Crippen molar-refractivity contribution in [3.8, 4) is 11.5 Å². The van der Waals surface area contributed by atoms with Gasteiger partial charge in [0, 0.05) is 6.04 Å². The summed E-state index contributed by atoms with van der Waals surface area (Å²) in [6, 6.07) is 12.2. The summed E-state index contributed by atoms with van der Waals surface area (Å²) >= 11 is 3.26. The molecule has 5 heteroatoms. The van der Waals surface area contributed by atoms with Crippen LogP contribution in [0, 0.1) is 5.82 Å². The summed E-state index contributed by atoms with van der Waals surface area (Å²) in [5, 5.41) is 0. The second-order valence-electron chi connectivity index (χ2n) is 4.99. The van der Waals surface area contributed by atoms with Crippen molar-refractivity contribution in [3.05, 3.63) is 58.3 Å². The number of rotatable bonds is 3. The molecule has 0 aromatic heterocycles. The van der Waals surface area contributed by atoms with Crippen LogP contribution in [0.25, 0.3) is 0 Å². The highest BCUT2D eigenvalue weighted by Crippen LogP contribution is 2.32. The van der Waals surface area contributed by atoms with Crippen LogP contribution < -0.4 is 15.2 Å². The lowest BCUT2D eigenvalue weighted by Crippen LogP contribution is -2.46. The van der Waals surface area contributed by atoms with Gasteiger partial charge in [0.25, 0.3) is 0 Å². The van der Waals surface area contributed by atoms with Crippen LogP contribution in [-0.4, -0.2) is 18.8 Å². The van der Waals surface area contributed by atoms with Gasteiger partial charge in [-0.15, -0.1) is 0 Å². The number of halogens is 2. The topological polar surface area (TPSA) is 44.5 Å². The van der Waals surface area contributed by atoms with Crippen molar-refractivity contribution >= 4 is 15.9 Å². The van der Waals surface area contributed by atoms with E-state index in [0.29, 0.717) is 23.2 Å². The molecule has 2 atom stereocenters. The highest BCUT2D eigenvalue weighted by molar-refractivity contribution is 9.10. The molecule has 2 aromatic rings. The first-order chi connectivity index (χ1) is 10.1. The van der Waals surface area contributed by atoms with Gasteiger partial charge in [-0.3, -0.25) is 0 Å². The molecule has 0 amide bonds. The van der Waals surface area contributed by atoms with Crippen LogP contribution in [0.3, 0.4) is 0 Å². The van der Waals surface area contributed by atoms with E-state index in [1.807, 2.05) is 30.3 Å². The molecule has 0 saturated carbocycles. The Balaban J connectivity index is 1.72. The van der Waals surface area contributed by atoms with E-state index >= 15 is 0 Å². The Kier molecular flexibility index (Phi) is 4.12. The molecule has 3 nitrogen and oxygen atoms in total. The zero-order chi connectivity index (χ0) is 14.8. The van der Waals surface area contributed by atoms with E-state index in [-0.39, 0.29) is 18.0 Å². The highest BCUT2D eigenvalue weighted by atomic mass is 79.9. The fourth-order valence-corrected chi connectivity index (χ4v) is 2.76. The Morgan fingerprint density at radius 2 is 1.95 bits per heavy atom. The molecule has 0 fully saturated rings. The minimum Gasteiger partial charge on any atom is -0.486 e. The van der Waals surface area contributed by atoms with E-state index in [4.69, 9.17) is 15.2 Å². The van der Waals surface area contributed by atoms with E-state index in [9.17, 15) is 4.39 Å². The lowest BCUT2D eigenvalue weighted by molar-refractivity contribution is 0.0722. The van der Waals surface area contributed by atoms with Crippen molar-refractivity contribution in [1.82, 2.24) is 0 Å². The molecule has 0 spiro atoms. The maximum absolute atomic E-state index is 13.5. The monoisotopic (exact) mass is 351 g/mol. The summed E-state index contributed by atoms with van der Waals surface area (Å²) in [7, 11) is 0. The summed E-state index contributed by atoms with van der Waals surface area (Å²) in [5.74, 6) is 1.14. The first kappa shape index (κ1) is 14.4. The van der Waals surface area contributed by atoms with Crippen LogP contribution in [0.1, 0.15) is 5.56 Å². The zero-order valence-corrected chi connectivity index (χ0v) is 12.8. The second-order valence-corrected chi connectivity index (χ2v) is 5.79. The third kappa shape index (κ3) is 3.04. The van der Waals surface area contributed by atoms with Crippen molar-refractivity contribution in [2.75, 3.05) is 6.61 Å². The fourth-order valence-electron chi connectivity index (χ4n) is 2.34. The lowest BCUT2D eigenvalue weighted by Gasteiger charge is -2.30. The van der Waals surface area contributed by atoms with Crippen molar-refractivity contribution in [2.45, 2.75) is 18.6 Å². The van der Waals surface area contributed by atoms with Gasteiger partial charge >= 0.3 is 0 Å². The minimum atomic E-state index is -0.286. The van der Waals surface area contributed by atoms with Crippen molar-refractivity contribution in [3.63, 3.8) is 0 Å². The summed E-state index contributed by atoms with van der Waals surface area (Å²) < 4.78 is 25.5. The molecule has 1 heterocycles. The lowest BCUT2D eigenvalue weighted by atomic mass is 10.0. The van der Waals surface area contributed by atoms with Crippen molar-refractivity contribution in [2.24, 2.45) is 5.73 Å². The van der Waals surface area contributed by atoms with E-state index in [1.54, 1.807) is 6.07 Å². The van der Waals surface area contributed by atoms with E-state index in [0.717, 1.165) is 11.3 Å². The van der Waals surface area contributed by atoms with E-state index in [2.05, 4.69) is 15.9 Å². The van der Waals surface area contributed by atoms with Gasteiger partial charge in [0.15, 0.2) is 11.5 Å². The zero-order valence-electron chi connectivity index (χ0n) is 11.3. The predicted octanol–water partition coefficient (Wildman–Crippen LogP) is 3.30. The Hall–Kier alpha value is -1.59. The largest absolute Gasteiger partial charge is 0.486 e. The average molecular weight is 352 g/mol. The number of nitrogens with two attached hydrogens (primary N) is 1. The molecule has 21 heavy (non-hydrogen) atoms. The molecule has 2 aromatic carbocycles. The smallest absolute Gasteiger partial charge is 0.161 e. The maximum Gasteiger partial charge on any atom is 0.161 e. The summed E-state index contributed by atoms with van der Waals surface area (Å²) in [4.78, 5) is 0. The normalized spacial score (nSPS) is 18.3. The molecular formula is C16H15BrFNO2. The number of hydrogen-bond acceptors (Lipinski definition) is 3. The van der Waals surface area contributed by atoms with Gasteiger partial charge in [0.05, 0.1) is 4.47 Å². The average Bonchev–Trinajstić information content (AvgIpc) is 2.51. The minimum absolute atomic E-state index is 0.255. The SMILES string of the molecule is NC(Cc1cccc(F)c1Br)C1COc2ccccc2O1. The van der Waals surface area contributed by atoms with Crippen LogP contribution in [0.2, 0.25) is 0 Å².